The molecule has 32 heavy (non-hydrogen) atoms. The third-order valence-electron chi connectivity index (χ3n) is 6.25. The van der Waals surface area contributed by atoms with Crippen molar-refractivity contribution in [2.75, 3.05) is 6.61 Å². The number of aromatic nitrogens is 1. The summed E-state index contributed by atoms with van der Waals surface area (Å²) in [6.07, 6.45) is 4.15. The summed E-state index contributed by atoms with van der Waals surface area (Å²) in [4.78, 5) is 15.9. The predicted molar refractivity (Wildman–Crippen MR) is 123 cm³/mol. The van der Waals surface area contributed by atoms with Crippen LogP contribution >= 0.6 is 0 Å². The first kappa shape index (κ1) is 25.9. The van der Waals surface area contributed by atoms with E-state index in [2.05, 4.69) is 19.9 Å². The Bertz CT molecular complexity index is 881. The lowest BCUT2D eigenvalue weighted by atomic mass is 9.75. The van der Waals surface area contributed by atoms with Crippen LogP contribution in [0.5, 0.6) is 5.75 Å². The van der Waals surface area contributed by atoms with Gasteiger partial charge in [0.2, 0.25) is 11.8 Å². The molecule has 2 aromatic rings. The Kier molecular flexibility index (Phi) is 8.87. The maximum absolute atomic E-state index is 11.2. The average Bonchev–Trinajstić information content (AvgIpc) is 3.22. The van der Waals surface area contributed by atoms with Crippen LogP contribution in [0, 0.1) is 12.3 Å². The molecule has 1 amide bonds. The summed E-state index contributed by atoms with van der Waals surface area (Å²) < 4.78 is 11.8. The molecule has 0 bridgehead atoms. The van der Waals surface area contributed by atoms with E-state index in [1.807, 2.05) is 39.8 Å². The number of hydrogen-bond donors (Lipinski definition) is 3. The summed E-state index contributed by atoms with van der Waals surface area (Å²) in [7, 11) is 0. The maximum atomic E-state index is 11.2. The van der Waals surface area contributed by atoms with Crippen molar-refractivity contribution in [1.29, 1.82) is 0 Å². The van der Waals surface area contributed by atoms with Crippen molar-refractivity contribution in [2.24, 2.45) is 5.41 Å². The smallest absolute Gasteiger partial charge is 0.243 e. The SMILES string of the molecule is CCC(CC)(c1ccc(OCC(O)C(C)(C)C)c(C)c1)c1nc(CCCC(=O)NO)co1. The Balaban J connectivity index is 2.20. The first-order chi connectivity index (χ1) is 15.1. The zero-order valence-corrected chi connectivity index (χ0v) is 20.2. The predicted octanol–water partition coefficient (Wildman–Crippen LogP) is 4.70. The van der Waals surface area contributed by atoms with E-state index in [1.165, 1.54) is 0 Å². The standard InChI is InChI=1S/C25H38N2O5/c1-7-25(8-2,23-26-19(15-32-23)10-9-11-22(29)27-30)18-12-13-20(17(3)14-18)31-16-21(28)24(4,5)6/h12-15,21,28,30H,7-11,16H2,1-6H3,(H,27,29). The van der Waals surface area contributed by atoms with Crippen LogP contribution < -0.4 is 10.2 Å². The van der Waals surface area contributed by atoms with E-state index in [-0.39, 0.29) is 23.9 Å². The fourth-order valence-corrected chi connectivity index (χ4v) is 3.74. The molecule has 0 saturated carbocycles. The van der Waals surface area contributed by atoms with Gasteiger partial charge in [-0.25, -0.2) is 10.5 Å². The van der Waals surface area contributed by atoms with Crippen molar-refractivity contribution in [3.05, 3.63) is 47.2 Å². The Labute approximate surface area is 191 Å². The minimum Gasteiger partial charge on any atom is -0.491 e. The quantitative estimate of drug-likeness (QED) is 0.341. The number of aliphatic hydroxyl groups is 1. The highest BCUT2D eigenvalue weighted by molar-refractivity contribution is 5.74. The zero-order chi connectivity index (χ0) is 23.9. The van der Waals surface area contributed by atoms with E-state index in [1.54, 1.807) is 11.7 Å². The Morgan fingerprint density at radius 3 is 2.50 bits per heavy atom. The Morgan fingerprint density at radius 1 is 1.25 bits per heavy atom. The summed E-state index contributed by atoms with van der Waals surface area (Å²) >= 11 is 0. The van der Waals surface area contributed by atoms with E-state index < -0.39 is 12.0 Å². The number of benzene rings is 1. The van der Waals surface area contributed by atoms with Crippen molar-refractivity contribution in [3.8, 4) is 5.75 Å². The highest BCUT2D eigenvalue weighted by Crippen LogP contribution is 2.40. The molecule has 178 valence electrons. The second-order valence-corrected chi connectivity index (χ2v) is 9.49. The topological polar surface area (TPSA) is 105 Å². The molecule has 0 aliphatic carbocycles. The molecular formula is C25H38N2O5. The van der Waals surface area contributed by atoms with Crippen LogP contribution in [0.2, 0.25) is 0 Å². The molecule has 0 radical (unpaired) electrons. The van der Waals surface area contributed by atoms with Gasteiger partial charge in [-0.15, -0.1) is 0 Å². The van der Waals surface area contributed by atoms with Gasteiger partial charge in [0.25, 0.3) is 0 Å². The van der Waals surface area contributed by atoms with Crippen LogP contribution in [0.4, 0.5) is 0 Å². The highest BCUT2D eigenvalue weighted by Gasteiger charge is 2.36. The number of rotatable bonds is 11. The van der Waals surface area contributed by atoms with Crippen molar-refractivity contribution >= 4 is 5.91 Å². The van der Waals surface area contributed by atoms with Gasteiger partial charge in [-0.05, 0) is 55.2 Å². The second-order valence-electron chi connectivity index (χ2n) is 9.49. The molecule has 3 N–H and O–H groups in total. The van der Waals surface area contributed by atoms with Gasteiger partial charge in [-0.3, -0.25) is 10.0 Å². The van der Waals surface area contributed by atoms with E-state index >= 15 is 0 Å². The van der Waals surface area contributed by atoms with Gasteiger partial charge in [-0.1, -0.05) is 46.8 Å². The number of aryl methyl sites for hydroxylation is 2. The molecule has 7 heteroatoms. The highest BCUT2D eigenvalue weighted by atomic mass is 16.5. The third kappa shape index (κ3) is 6.11. The number of hydrogen-bond acceptors (Lipinski definition) is 6. The van der Waals surface area contributed by atoms with Crippen molar-refractivity contribution in [2.45, 2.75) is 85.2 Å². The number of nitrogens with one attached hydrogen (secondary N) is 1. The molecule has 0 spiro atoms. The molecule has 2 rings (SSSR count). The van der Waals surface area contributed by atoms with Crippen LogP contribution in [-0.4, -0.2) is 33.9 Å². The zero-order valence-electron chi connectivity index (χ0n) is 20.2. The van der Waals surface area contributed by atoms with Crippen LogP contribution in [-0.2, 0) is 16.6 Å². The molecule has 1 aromatic heterocycles. The molecule has 0 aliphatic heterocycles. The first-order valence-corrected chi connectivity index (χ1v) is 11.4. The summed E-state index contributed by atoms with van der Waals surface area (Å²) in [5.41, 5.74) is 3.94. The molecule has 0 aliphatic rings. The molecule has 1 unspecified atom stereocenters. The number of nitrogens with zero attached hydrogens (tertiary/aromatic N) is 1. The molecule has 1 atom stereocenters. The summed E-state index contributed by atoms with van der Waals surface area (Å²) in [5.74, 6) is 1.02. The first-order valence-electron chi connectivity index (χ1n) is 11.4. The van der Waals surface area contributed by atoms with Gasteiger partial charge in [0, 0.05) is 6.42 Å². The van der Waals surface area contributed by atoms with Crippen LogP contribution in [0.15, 0.2) is 28.9 Å². The lowest BCUT2D eigenvalue weighted by molar-refractivity contribution is -0.129. The number of carbonyl (C=O) groups is 1. The minimum absolute atomic E-state index is 0.232. The number of carbonyl (C=O) groups excluding carboxylic acids is 1. The lowest BCUT2D eigenvalue weighted by Gasteiger charge is -2.30. The monoisotopic (exact) mass is 446 g/mol. The van der Waals surface area contributed by atoms with Crippen molar-refractivity contribution < 1.29 is 24.3 Å². The molecular weight excluding hydrogens is 408 g/mol. The average molecular weight is 447 g/mol. The van der Waals surface area contributed by atoms with Crippen molar-refractivity contribution in [1.82, 2.24) is 10.5 Å². The number of amides is 1. The van der Waals surface area contributed by atoms with Gasteiger partial charge >= 0.3 is 0 Å². The number of oxazole rings is 1. The summed E-state index contributed by atoms with van der Waals surface area (Å²) in [6, 6.07) is 6.12. The van der Waals surface area contributed by atoms with Gasteiger partial charge < -0.3 is 14.3 Å². The summed E-state index contributed by atoms with van der Waals surface area (Å²) in [6.45, 7) is 12.5. The normalized spacial score (nSPS) is 13.1. The maximum Gasteiger partial charge on any atom is 0.243 e. The molecule has 1 aromatic carbocycles. The van der Waals surface area contributed by atoms with Gasteiger partial charge in [-0.2, -0.15) is 0 Å². The van der Waals surface area contributed by atoms with Gasteiger partial charge in [0.05, 0.1) is 17.2 Å². The fraction of sp³-hybridized carbons (Fsp3) is 0.600. The molecule has 0 fully saturated rings. The number of hydroxylamine groups is 1. The van der Waals surface area contributed by atoms with E-state index in [0.717, 1.165) is 35.4 Å². The van der Waals surface area contributed by atoms with Crippen LogP contribution in [0.3, 0.4) is 0 Å². The number of aliphatic hydroxyl groups excluding tert-OH is 1. The largest absolute Gasteiger partial charge is 0.491 e. The van der Waals surface area contributed by atoms with E-state index in [0.29, 0.717) is 18.7 Å². The van der Waals surface area contributed by atoms with Crippen LogP contribution in [0.25, 0.3) is 0 Å². The molecule has 0 saturated heterocycles. The van der Waals surface area contributed by atoms with E-state index in [4.69, 9.17) is 19.3 Å². The molecule has 1 heterocycles. The van der Waals surface area contributed by atoms with Crippen LogP contribution in [0.1, 0.15) is 83.0 Å². The third-order valence-corrected chi connectivity index (χ3v) is 6.25. The Morgan fingerprint density at radius 2 is 1.94 bits per heavy atom. The van der Waals surface area contributed by atoms with Gasteiger partial charge in [0.1, 0.15) is 18.6 Å². The van der Waals surface area contributed by atoms with Crippen molar-refractivity contribution in [3.63, 3.8) is 0 Å². The second kappa shape index (κ2) is 11.0. The Hall–Kier alpha value is -2.38. The minimum atomic E-state index is -0.554. The summed E-state index contributed by atoms with van der Waals surface area (Å²) in [5, 5.41) is 18.9. The van der Waals surface area contributed by atoms with E-state index in [9.17, 15) is 9.90 Å². The lowest BCUT2D eigenvalue weighted by Crippen LogP contribution is -2.32. The van der Waals surface area contributed by atoms with Gasteiger partial charge in [0.15, 0.2) is 0 Å². The fourth-order valence-electron chi connectivity index (χ4n) is 3.74. The number of ether oxygens (including phenoxy) is 1. The molecule has 7 nitrogen and oxygen atoms in total.